The molecule has 1 fully saturated rings. The van der Waals surface area contributed by atoms with Crippen molar-refractivity contribution in [2.45, 2.75) is 57.8 Å². The van der Waals surface area contributed by atoms with E-state index >= 15 is 0 Å². The monoisotopic (exact) mass is 444 g/mol. The molecule has 1 aromatic rings. The molecular weight excluding hydrogens is 416 g/mol. The number of nitrogens with one attached hydrogen (secondary N) is 2. The summed E-state index contributed by atoms with van der Waals surface area (Å²) in [4.78, 5) is 32.6. The first kappa shape index (κ1) is 22.0. The predicted molar refractivity (Wildman–Crippen MR) is 110 cm³/mol. The Balaban J connectivity index is 1.71. The first-order chi connectivity index (χ1) is 13.4. The standard InChI is InChI=1S/C18H28N4O5S2/c1-18(2,3)27-17(24)21-11-6-8-29(25,26)10-13(11)19-15(23)16-20-12-5-7-22(4)9-14(12)28-16/h11,13H,5-10H2,1-4H3,(H,19,23)(H,21,24)/t11?,13-/m1/s1. The summed E-state index contributed by atoms with van der Waals surface area (Å²) in [5.41, 5.74) is 0.259. The van der Waals surface area contributed by atoms with Crippen molar-refractivity contribution < 1.29 is 22.7 Å². The van der Waals surface area contributed by atoms with Crippen molar-refractivity contribution in [3.8, 4) is 0 Å². The third-order valence-corrected chi connectivity index (χ3v) is 7.60. The highest BCUT2D eigenvalue weighted by Crippen LogP contribution is 2.25. The van der Waals surface area contributed by atoms with Crippen molar-refractivity contribution in [2.24, 2.45) is 0 Å². The largest absolute Gasteiger partial charge is 0.444 e. The van der Waals surface area contributed by atoms with Gasteiger partial charge in [0.05, 0.1) is 29.3 Å². The van der Waals surface area contributed by atoms with Crippen molar-refractivity contribution in [1.82, 2.24) is 20.5 Å². The zero-order valence-electron chi connectivity index (χ0n) is 17.1. The van der Waals surface area contributed by atoms with Crippen molar-refractivity contribution >= 4 is 33.2 Å². The number of thiazole rings is 1. The van der Waals surface area contributed by atoms with E-state index in [9.17, 15) is 18.0 Å². The summed E-state index contributed by atoms with van der Waals surface area (Å²) >= 11 is 1.33. The summed E-state index contributed by atoms with van der Waals surface area (Å²) in [6.07, 6.45) is 0.371. The molecule has 1 saturated heterocycles. The van der Waals surface area contributed by atoms with Gasteiger partial charge in [0.25, 0.3) is 5.91 Å². The number of carbonyl (C=O) groups is 2. The van der Waals surface area contributed by atoms with E-state index in [0.29, 0.717) is 5.01 Å². The number of ether oxygens (including phenoxy) is 1. The van der Waals surface area contributed by atoms with Gasteiger partial charge in [-0.3, -0.25) is 4.79 Å². The molecule has 3 heterocycles. The number of aromatic nitrogens is 1. The average molecular weight is 445 g/mol. The van der Waals surface area contributed by atoms with E-state index < -0.39 is 39.5 Å². The molecule has 3 rings (SSSR count). The third kappa shape index (κ3) is 5.89. The van der Waals surface area contributed by atoms with E-state index in [4.69, 9.17) is 4.74 Å². The molecule has 162 valence electrons. The Morgan fingerprint density at radius 2 is 1.97 bits per heavy atom. The minimum atomic E-state index is -3.30. The van der Waals surface area contributed by atoms with Gasteiger partial charge in [-0.05, 0) is 34.2 Å². The first-order valence-corrected chi connectivity index (χ1v) is 12.2. The fourth-order valence-electron chi connectivity index (χ4n) is 3.41. The van der Waals surface area contributed by atoms with Gasteiger partial charge in [-0.1, -0.05) is 0 Å². The van der Waals surface area contributed by atoms with Crippen LogP contribution in [0.15, 0.2) is 0 Å². The van der Waals surface area contributed by atoms with Gasteiger partial charge >= 0.3 is 6.09 Å². The number of hydrogen-bond acceptors (Lipinski definition) is 8. The second-order valence-corrected chi connectivity index (χ2v) is 11.9. The molecule has 1 unspecified atom stereocenters. The molecule has 0 aromatic carbocycles. The van der Waals surface area contributed by atoms with Gasteiger partial charge in [-0.25, -0.2) is 18.2 Å². The molecule has 0 radical (unpaired) electrons. The van der Waals surface area contributed by atoms with Crippen molar-refractivity contribution in [1.29, 1.82) is 0 Å². The highest BCUT2D eigenvalue weighted by atomic mass is 32.2. The molecule has 0 spiro atoms. The number of amides is 2. The Bertz CT molecular complexity index is 891. The molecule has 11 heteroatoms. The fourth-order valence-corrected chi connectivity index (χ4v) is 6.14. The van der Waals surface area contributed by atoms with Crippen LogP contribution in [-0.2, 0) is 27.5 Å². The van der Waals surface area contributed by atoms with Crippen LogP contribution in [0, 0.1) is 0 Å². The van der Waals surface area contributed by atoms with Crippen LogP contribution in [0.2, 0.25) is 0 Å². The summed E-state index contributed by atoms with van der Waals surface area (Å²) in [5, 5.41) is 5.81. The van der Waals surface area contributed by atoms with Gasteiger partial charge in [0.15, 0.2) is 14.8 Å². The second kappa shape index (κ2) is 8.19. The van der Waals surface area contributed by atoms with Crippen LogP contribution in [0.25, 0.3) is 0 Å². The molecule has 2 amide bonds. The maximum Gasteiger partial charge on any atom is 0.407 e. The SMILES string of the molecule is CN1CCc2nc(C(=O)N[C@@H]3CS(=O)(=O)CCC3NC(=O)OC(C)(C)C)sc2C1. The molecule has 0 aliphatic carbocycles. The minimum absolute atomic E-state index is 0.0439. The van der Waals surface area contributed by atoms with Crippen LogP contribution in [0.3, 0.4) is 0 Å². The van der Waals surface area contributed by atoms with E-state index in [1.165, 1.54) is 11.3 Å². The number of nitrogens with zero attached hydrogens (tertiary/aromatic N) is 2. The van der Waals surface area contributed by atoms with Gasteiger partial charge < -0.3 is 20.3 Å². The fraction of sp³-hybridized carbons (Fsp3) is 0.722. The zero-order chi connectivity index (χ0) is 21.4. The Hall–Kier alpha value is -1.72. The summed E-state index contributed by atoms with van der Waals surface area (Å²) < 4.78 is 29.5. The number of hydrogen-bond donors (Lipinski definition) is 2. The van der Waals surface area contributed by atoms with Crippen molar-refractivity contribution in [2.75, 3.05) is 25.1 Å². The van der Waals surface area contributed by atoms with Crippen molar-refractivity contribution in [3.05, 3.63) is 15.6 Å². The number of rotatable bonds is 3. The Morgan fingerprint density at radius 3 is 2.66 bits per heavy atom. The molecule has 9 nitrogen and oxygen atoms in total. The lowest BCUT2D eigenvalue weighted by Crippen LogP contribution is -2.58. The number of fused-ring (bicyclic) bond motifs is 1. The van der Waals surface area contributed by atoms with E-state index in [2.05, 4.69) is 20.5 Å². The highest BCUT2D eigenvalue weighted by Gasteiger charge is 2.36. The van der Waals surface area contributed by atoms with E-state index in [1.807, 2.05) is 7.05 Å². The lowest BCUT2D eigenvalue weighted by atomic mass is 10.1. The molecule has 2 aliphatic rings. The van der Waals surface area contributed by atoms with Crippen LogP contribution in [0.5, 0.6) is 0 Å². The van der Waals surface area contributed by atoms with Crippen LogP contribution >= 0.6 is 11.3 Å². The molecule has 2 atom stereocenters. The summed E-state index contributed by atoms with van der Waals surface area (Å²) in [5.74, 6) is -0.685. The smallest absolute Gasteiger partial charge is 0.407 e. The molecule has 29 heavy (non-hydrogen) atoms. The lowest BCUT2D eigenvalue weighted by molar-refractivity contribution is 0.0488. The Morgan fingerprint density at radius 1 is 1.24 bits per heavy atom. The van der Waals surface area contributed by atoms with E-state index in [-0.39, 0.29) is 17.9 Å². The molecule has 2 N–H and O–H groups in total. The molecule has 1 aromatic heterocycles. The minimum Gasteiger partial charge on any atom is -0.444 e. The van der Waals surface area contributed by atoms with Crippen LogP contribution in [0.1, 0.15) is 47.6 Å². The average Bonchev–Trinajstić information content (AvgIpc) is 2.98. The van der Waals surface area contributed by atoms with Crippen LogP contribution in [0.4, 0.5) is 4.79 Å². The van der Waals surface area contributed by atoms with Crippen LogP contribution in [-0.4, -0.2) is 73.1 Å². The quantitative estimate of drug-likeness (QED) is 0.712. The molecule has 2 aliphatic heterocycles. The van der Waals surface area contributed by atoms with Crippen LogP contribution < -0.4 is 10.6 Å². The third-order valence-electron chi connectivity index (χ3n) is 4.79. The maximum absolute atomic E-state index is 12.8. The summed E-state index contributed by atoms with van der Waals surface area (Å²) in [6, 6.07) is -1.27. The van der Waals surface area contributed by atoms with Gasteiger partial charge in [0.2, 0.25) is 0 Å². The number of alkyl carbamates (subject to hydrolysis) is 1. The highest BCUT2D eigenvalue weighted by molar-refractivity contribution is 7.91. The Kier molecular flexibility index (Phi) is 6.21. The van der Waals surface area contributed by atoms with Crippen molar-refractivity contribution in [3.63, 3.8) is 0 Å². The van der Waals surface area contributed by atoms with Gasteiger partial charge in [0.1, 0.15) is 5.60 Å². The second-order valence-electron chi connectivity index (χ2n) is 8.61. The van der Waals surface area contributed by atoms with Gasteiger partial charge in [0, 0.05) is 24.4 Å². The van der Waals surface area contributed by atoms with E-state index in [1.54, 1.807) is 20.8 Å². The van der Waals surface area contributed by atoms with Gasteiger partial charge in [-0.15, -0.1) is 11.3 Å². The first-order valence-electron chi connectivity index (χ1n) is 9.60. The maximum atomic E-state index is 12.8. The number of sulfone groups is 1. The summed E-state index contributed by atoms with van der Waals surface area (Å²) in [6.45, 7) is 6.89. The molecular formula is C18H28N4O5S2. The summed E-state index contributed by atoms with van der Waals surface area (Å²) in [7, 11) is -1.29. The number of carbonyl (C=O) groups excluding carboxylic acids is 2. The predicted octanol–water partition coefficient (Wildman–Crippen LogP) is 0.941. The zero-order valence-corrected chi connectivity index (χ0v) is 18.8. The molecule has 0 bridgehead atoms. The Labute approximate surface area is 175 Å². The van der Waals surface area contributed by atoms with Gasteiger partial charge in [-0.2, -0.15) is 0 Å². The number of likely N-dealkylation sites (N-methyl/N-ethyl adjacent to an activating group) is 1. The lowest BCUT2D eigenvalue weighted by Gasteiger charge is -2.33. The molecule has 0 saturated carbocycles. The van der Waals surface area contributed by atoms with E-state index in [0.717, 1.165) is 30.1 Å². The topological polar surface area (TPSA) is 118 Å². The normalized spacial score (nSPS) is 24.4.